The van der Waals surface area contributed by atoms with Gasteiger partial charge in [0.1, 0.15) is 5.75 Å². The molecule has 2 rings (SSSR count). The number of rotatable bonds is 3. The van der Waals surface area contributed by atoms with Gasteiger partial charge in [-0.15, -0.1) is 0 Å². The third kappa shape index (κ3) is 3.33. The topological polar surface area (TPSA) is 35.5 Å². The van der Waals surface area contributed by atoms with Gasteiger partial charge >= 0.3 is 5.97 Å². The molecule has 3 nitrogen and oxygen atoms in total. The molecule has 0 fully saturated rings. The smallest absolute Gasteiger partial charge is 0.337 e. The van der Waals surface area contributed by atoms with E-state index >= 15 is 0 Å². The third-order valence-electron chi connectivity index (χ3n) is 4.41. The van der Waals surface area contributed by atoms with Crippen molar-refractivity contribution in [2.45, 2.75) is 38.9 Å². The maximum Gasteiger partial charge on any atom is 0.337 e. The van der Waals surface area contributed by atoms with Gasteiger partial charge < -0.3 is 9.16 Å². The summed E-state index contributed by atoms with van der Waals surface area (Å²) >= 11 is 0. The minimum atomic E-state index is -1.84. The summed E-state index contributed by atoms with van der Waals surface area (Å²) in [5.74, 6) is 0.577. The van der Waals surface area contributed by atoms with Gasteiger partial charge in [-0.25, -0.2) is 4.79 Å². The molecule has 0 bridgehead atoms. The Kier molecular flexibility index (Phi) is 4.34. The monoisotopic (exact) mass is 316 g/mol. The van der Waals surface area contributed by atoms with Gasteiger partial charge in [0, 0.05) is 0 Å². The maximum absolute atomic E-state index is 11.6. The van der Waals surface area contributed by atoms with Crippen LogP contribution in [-0.2, 0) is 4.74 Å². The molecule has 22 heavy (non-hydrogen) atoms. The van der Waals surface area contributed by atoms with Crippen LogP contribution in [0.1, 0.15) is 31.1 Å². The van der Waals surface area contributed by atoms with Crippen LogP contribution < -0.4 is 4.43 Å². The third-order valence-corrected chi connectivity index (χ3v) is 8.77. The molecule has 0 N–H and O–H groups in total. The number of hydrogen-bond donors (Lipinski definition) is 0. The average molecular weight is 316 g/mol. The molecule has 0 amide bonds. The molecule has 0 heterocycles. The van der Waals surface area contributed by atoms with E-state index in [1.165, 1.54) is 7.11 Å². The molecule has 0 saturated carbocycles. The highest BCUT2D eigenvalue weighted by atomic mass is 28.4. The fourth-order valence-electron chi connectivity index (χ4n) is 1.98. The summed E-state index contributed by atoms with van der Waals surface area (Å²) in [4.78, 5) is 11.6. The van der Waals surface area contributed by atoms with E-state index in [0.29, 0.717) is 5.56 Å². The van der Waals surface area contributed by atoms with Crippen molar-refractivity contribution < 1.29 is 14.0 Å². The molecule has 2 aromatic rings. The standard InChI is InChI=1S/C18H24O3Si/c1-18(2,3)22(5,6)21-16-10-9-13-11-15(17(19)20-4)8-7-14(13)12-16/h7-12H,1-6H3. The van der Waals surface area contributed by atoms with Gasteiger partial charge in [0.25, 0.3) is 0 Å². The van der Waals surface area contributed by atoms with Gasteiger partial charge in [-0.1, -0.05) is 32.9 Å². The fraction of sp³-hybridized carbons (Fsp3) is 0.389. The molecule has 0 saturated heterocycles. The van der Waals surface area contributed by atoms with Crippen LogP contribution in [0.25, 0.3) is 10.8 Å². The first-order chi connectivity index (χ1) is 10.1. The Labute approximate surface area is 133 Å². The second-order valence-corrected chi connectivity index (χ2v) is 11.8. The lowest BCUT2D eigenvalue weighted by molar-refractivity contribution is 0.0601. The van der Waals surface area contributed by atoms with E-state index in [9.17, 15) is 4.79 Å². The Morgan fingerprint density at radius 2 is 1.59 bits per heavy atom. The molecule has 0 aromatic heterocycles. The van der Waals surface area contributed by atoms with Crippen LogP contribution in [0.3, 0.4) is 0 Å². The van der Waals surface area contributed by atoms with Crippen LogP contribution in [0.15, 0.2) is 36.4 Å². The van der Waals surface area contributed by atoms with E-state index in [0.717, 1.165) is 16.5 Å². The number of esters is 1. The quantitative estimate of drug-likeness (QED) is 0.590. The highest BCUT2D eigenvalue weighted by Crippen LogP contribution is 2.37. The Morgan fingerprint density at radius 1 is 1.00 bits per heavy atom. The van der Waals surface area contributed by atoms with Crippen LogP contribution in [0.2, 0.25) is 18.1 Å². The molecule has 0 atom stereocenters. The van der Waals surface area contributed by atoms with Crippen LogP contribution >= 0.6 is 0 Å². The summed E-state index contributed by atoms with van der Waals surface area (Å²) in [7, 11) is -0.450. The molecule has 0 aliphatic heterocycles. The number of ether oxygens (including phenoxy) is 1. The normalized spacial score (nSPS) is 12.3. The minimum absolute atomic E-state index is 0.163. The van der Waals surface area contributed by atoms with Crippen LogP contribution in [-0.4, -0.2) is 21.4 Å². The Hall–Kier alpha value is -1.81. The van der Waals surface area contributed by atoms with Crippen molar-refractivity contribution in [1.82, 2.24) is 0 Å². The molecular formula is C18H24O3Si. The van der Waals surface area contributed by atoms with E-state index in [-0.39, 0.29) is 11.0 Å². The number of hydrogen-bond acceptors (Lipinski definition) is 3. The van der Waals surface area contributed by atoms with E-state index in [4.69, 9.17) is 9.16 Å². The first-order valence-corrected chi connectivity index (χ1v) is 10.4. The van der Waals surface area contributed by atoms with Crippen LogP contribution in [0.5, 0.6) is 5.75 Å². The van der Waals surface area contributed by atoms with Gasteiger partial charge in [-0.05, 0) is 53.2 Å². The van der Waals surface area contributed by atoms with E-state index in [2.05, 4.69) is 33.9 Å². The number of carbonyl (C=O) groups is 1. The van der Waals surface area contributed by atoms with Gasteiger partial charge in [0.15, 0.2) is 0 Å². The van der Waals surface area contributed by atoms with Crippen molar-refractivity contribution in [3.63, 3.8) is 0 Å². The Bertz CT molecular complexity index is 699. The SMILES string of the molecule is COC(=O)c1ccc2cc(O[Si](C)(C)C(C)(C)C)ccc2c1. The molecule has 0 radical (unpaired) electrons. The molecular weight excluding hydrogens is 292 g/mol. The summed E-state index contributed by atoms with van der Waals surface area (Å²) < 4.78 is 11.1. The lowest BCUT2D eigenvalue weighted by Gasteiger charge is -2.36. The highest BCUT2D eigenvalue weighted by molar-refractivity contribution is 6.74. The first-order valence-electron chi connectivity index (χ1n) is 7.45. The van der Waals surface area contributed by atoms with Crippen molar-refractivity contribution in [2.24, 2.45) is 0 Å². The molecule has 2 aromatic carbocycles. The predicted molar refractivity (Wildman–Crippen MR) is 93.1 cm³/mol. The zero-order chi connectivity index (χ0) is 16.5. The zero-order valence-electron chi connectivity index (χ0n) is 14.2. The van der Waals surface area contributed by atoms with E-state index in [1.54, 1.807) is 6.07 Å². The lowest BCUT2D eigenvalue weighted by Crippen LogP contribution is -2.43. The summed E-state index contributed by atoms with van der Waals surface area (Å²) in [5, 5.41) is 2.23. The van der Waals surface area contributed by atoms with Gasteiger partial charge in [-0.3, -0.25) is 0 Å². The van der Waals surface area contributed by atoms with E-state index < -0.39 is 8.32 Å². The number of methoxy groups -OCH3 is 1. The number of fused-ring (bicyclic) bond motifs is 1. The lowest BCUT2D eigenvalue weighted by atomic mass is 10.1. The van der Waals surface area contributed by atoms with Gasteiger partial charge in [0.05, 0.1) is 12.7 Å². The molecule has 4 heteroatoms. The second kappa shape index (κ2) is 5.76. The zero-order valence-corrected chi connectivity index (χ0v) is 15.2. The predicted octanol–water partition coefficient (Wildman–Crippen LogP) is 5.01. The molecule has 0 aliphatic carbocycles. The van der Waals surface area contributed by atoms with Crippen molar-refractivity contribution in [1.29, 1.82) is 0 Å². The average Bonchev–Trinajstić information content (AvgIpc) is 2.44. The number of benzene rings is 2. The van der Waals surface area contributed by atoms with E-state index in [1.807, 2.05) is 30.3 Å². The Morgan fingerprint density at radius 3 is 2.18 bits per heavy atom. The summed E-state index contributed by atoms with van der Waals surface area (Å²) in [6.45, 7) is 11.1. The van der Waals surface area contributed by atoms with Crippen molar-refractivity contribution in [2.75, 3.05) is 7.11 Å². The molecule has 0 spiro atoms. The molecule has 118 valence electrons. The Balaban J connectivity index is 2.34. The second-order valence-electron chi connectivity index (χ2n) is 7.08. The van der Waals surface area contributed by atoms with Gasteiger partial charge in [-0.2, -0.15) is 0 Å². The summed E-state index contributed by atoms with van der Waals surface area (Å²) in [6, 6.07) is 11.6. The van der Waals surface area contributed by atoms with Crippen LogP contribution in [0.4, 0.5) is 0 Å². The minimum Gasteiger partial charge on any atom is -0.543 e. The molecule has 0 aliphatic rings. The number of carbonyl (C=O) groups excluding carboxylic acids is 1. The largest absolute Gasteiger partial charge is 0.543 e. The maximum atomic E-state index is 11.6. The van der Waals surface area contributed by atoms with Crippen molar-refractivity contribution in [3.05, 3.63) is 42.0 Å². The fourth-order valence-corrected chi connectivity index (χ4v) is 3.00. The van der Waals surface area contributed by atoms with Crippen molar-refractivity contribution in [3.8, 4) is 5.75 Å². The van der Waals surface area contributed by atoms with Crippen LogP contribution in [0, 0.1) is 0 Å². The summed E-state index contributed by atoms with van der Waals surface area (Å²) in [6.07, 6.45) is 0. The first kappa shape index (κ1) is 16.6. The summed E-state index contributed by atoms with van der Waals surface area (Å²) in [5.41, 5.74) is 0.563. The highest BCUT2D eigenvalue weighted by Gasteiger charge is 2.38. The van der Waals surface area contributed by atoms with Gasteiger partial charge in [0.2, 0.25) is 8.32 Å². The molecule has 0 unspecified atom stereocenters. The van der Waals surface area contributed by atoms with Crippen molar-refractivity contribution >= 4 is 25.1 Å².